The van der Waals surface area contributed by atoms with Gasteiger partial charge in [-0.05, 0) is 36.8 Å². The normalized spacial score (nSPS) is 10.3. The van der Waals surface area contributed by atoms with Gasteiger partial charge >= 0.3 is 5.69 Å². The van der Waals surface area contributed by atoms with Gasteiger partial charge in [0.05, 0.1) is 4.92 Å². The predicted octanol–water partition coefficient (Wildman–Crippen LogP) is 4.73. The molecule has 0 radical (unpaired) electrons. The van der Waals surface area contributed by atoms with Crippen molar-refractivity contribution in [2.45, 2.75) is 12.3 Å². The first-order valence-corrected chi connectivity index (χ1v) is 6.90. The highest BCUT2D eigenvalue weighted by molar-refractivity contribution is 9.08. The molecule has 2 aromatic rings. The van der Waals surface area contributed by atoms with E-state index in [1.54, 1.807) is 13.0 Å². The second kappa shape index (κ2) is 6.00. The van der Waals surface area contributed by atoms with E-state index in [1.807, 2.05) is 0 Å². The Labute approximate surface area is 123 Å². The van der Waals surface area contributed by atoms with Gasteiger partial charge in [-0.25, -0.2) is 4.39 Å². The smallest absolute Gasteiger partial charge is 0.311 e. The van der Waals surface area contributed by atoms with E-state index < -0.39 is 4.92 Å². The van der Waals surface area contributed by atoms with Crippen molar-refractivity contribution in [1.82, 2.24) is 0 Å². The van der Waals surface area contributed by atoms with Gasteiger partial charge in [-0.1, -0.05) is 22.0 Å². The van der Waals surface area contributed by atoms with Crippen LogP contribution in [0.1, 0.15) is 11.1 Å². The highest BCUT2D eigenvalue weighted by Crippen LogP contribution is 2.34. The third kappa shape index (κ3) is 3.14. The molecular weight excluding hydrogens is 329 g/mol. The van der Waals surface area contributed by atoms with E-state index in [-0.39, 0.29) is 17.3 Å². The zero-order chi connectivity index (χ0) is 14.7. The van der Waals surface area contributed by atoms with Crippen LogP contribution >= 0.6 is 15.9 Å². The SMILES string of the molecule is Cc1ccc(Oc2ccc(F)cc2CBr)c([N+](=O)[O-])c1. The lowest BCUT2D eigenvalue weighted by molar-refractivity contribution is -0.385. The van der Waals surface area contributed by atoms with Crippen LogP contribution in [0.4, 0.5) is 10.1 Å². The Morgan fingerprint density at radius 2 is 1.95 bits per heavy atom. The molecule has 2 aromatic carbocycles. The maximum Gasteiger partial charge on any atom is 0.311 e. The number of rotatable bonds is 4. The van der Waals surface area contributed by atoms with Crippen LogP contribution in [0.3, 0.4) is 0 Å². The van der Waals surface area contributed by atoms with E-state index in [2.05, 4.69) is 15.9 Å². The summed E-state index contributed by atoms with van der Waals surface area (Å²) in [7, 11) is 0. The highest BCUT2D eigenvalue weighted by Gasteiger charge is 2.17. The van der Waals surface area contributed by atoms with E-state index in [0.29, 0.717) is 16.6 Å². The largest absolute Gasteiger partial charge is 0.450 e. The van der Waals surface area contributed by atoms with Gasteiger partial charge in [0, 0.05) is 17.0 Å². The maximum atomic E-state index is 13.1. The summed E-state index contributed by atoms with van der Waals surface area (Å²) in [6, 6.07) is 8.72. The van der Waals surface area contributed by atoms with Crippen LogP contribution in [0, 0.1) is 22.9 Å². The van der Waals surface area contributed by atoms with Gasteiger partial charge in [-0.15, -0.1) is 0 Å². The number of aryl methyl sites for hydroxylation is 1. The summed E-state index contributed by atoms with van der Waals surface area (Å²) in [5.74, 6) is 0.134. The van der Waals surface area contributed by atoms with Crippen LogP contribution in [0.15, 0.2) is 36.4 Å². The molecule has 0 aliphatic rings. The molecule has 0 atom stereocenters. The molecule has 104 valence electrons. The van der Waals surface area contributed by atoms with Crippen LogP contribution in [0.2, 0.25) is 0 Å². The minimum Gasteiger partial charge on any atom is -0.450 e. The van der Waals surface area contributed by atoms with Gasteiger partial charge in [0.15, 0.2) is 0 Å². The molecule has 0 fully saturated rings. The molecule has 0 saturated heterocycles. The quantitative estimate of drug-likeness (QED) is 0.459. The Balaban J connectivity index is 2.42. The zero-order valence-corrected chi connectivity index (χ0v) is 12.2. The van der Waals surface area contributed by atoms with E-state index in [4.69, 9.17) is 4.74 Å². The van der Waals surface area contributed by atoms with Gasteiger partial charge < -0.3 is 4.74 Å². The molecule has 4 nitrogen and oxygen atoms in total. The highest BCUT2D eigenvalue weighted by atomic mass is 79.9. The molecule has 0 aliphatic carbocycles. The zero-order valence-electron chi connectivity index (χ0n) is 10.6. The van der Waals surface area contributed by atoms with Gasteiger partial charge in [0.2, 0.25) is 5.75 Å². The first-order valence-electron chi connectivity index (χ1n) is 5.78. The summed E-state index contributed by atoms with van der Waals surface area (Å²) >= 11 is 3.23. The summed E-state index contributed by atoms with van der Waals surface area (Å²) < 4.78 is 18.7. The summed E-state index contributed by atoms with van der Waals surface area (Å²) in [4.78, 5) is 10.5. The van der Waals surface area contributed by atoms with Crippen LogP contribution in [-0.2, 0) is 5.33 Å². The maximum absolute atomic E-state index is 13.1. The lowest BCUT2D eigenvalue weighted by Gasteiger charge is -2.10. The molecular formula is C14H11BrFNO3. The number of alkyl halides is 1. The van der Waals surface area contributed by atoms with Crippen molar-refractivity contribution in [2.24, 2.45) is 0 Å². The summed E-state index contributed by atoms with van der Waals surface area (Å²) in [5, 5.41) is 11.4. The van der Waals surface area contributed by atoms with Crippen molar-refractivity contribution in [3.63, 3.8) is 0 Å². The minimum atomic E-state index is -0.500. The van der Waals surface area contributed by atoms with Crippen molar-refractivity contribution >= 4 is 21.6 Å². The third-order valence-corrected chi connectivity index (χ3v) is 3.30. The van der Waals surface area contributed by atoms with Gasteiger partial charge in [-0.2, -0.15) is 0 Å². The van der Waals surface area contributed by atoms with E-state index in [0.717, 1.165) is 5.56 Å². The number of nitro groups is 1. The summed E-state index contributed by atoms with van der Waals surface area (Å²) in [6.07, 6.45) is 0. The second-order valence-corrected chi connectivity index (χ2v) is 4.78. The van der Waals surface area contributed by atoms with E-state index in [1.165, 1.54) is 30.3 Å². The number of nitrogens with zero attached hydrogens (tertiary/aromatic N) is 1. The van der Waals surface area contributed by atoms with Crippen LogP contribution in [-0.4, -0.2) is 4.92 Å². The first-order chi connectivity index (χ1) is 9.51. The molecule has 0 aromatic heterocycles. The Kier molecular flexibility index (Phi) is 4.34. The van der Waals surface area contributed by atoms with Crippen molar-refractivity contribution in [3.05, 3.63) is 63.5 Å². The molecule has 0 saturated carbocycles. The van der Waals surface area contributed by atoms with Crippen LogP contribution in [0.5, 0.6) is 11.5 Å². The summed E-state index contributed by atoms with van der Waals surface area (Å²) in [5.41, 5.74) is 1.23. The second-order valence-electron chi connectivity index (χ2n) is 4.22. The number of nitro benzene ring substituents is 1. The topological polar surface area (TPSA) is 52.4 Å². The fourth-order valence-corrected chi connectivity index (χ4v) is 2.17. The van der Waals surface area contributed by atoms with Crippen molar-refractivity contribution < 1.29 is 14.1 Å². The van der Waals surface area contributed by atoms with E-state index in [9.17, 15) is 14.5 Å². The number of hydrogen-bond donors (Lipinski definition) is 0. The van der Waals surface area contributed by atoms with Crippen LogP contribution in [0.25, 0.3) is 0 Å². The first kappa shape index (κ1) is 14.5. The van der Waals surface area contributed by atoms with Gasteiger partial charge in [0.1, 0.15) is 11.6 Å². The van der Waals surface area contributed by atoms with E-state index >= 15 is 0 Å². The monoisotopic (exact) mass is 339 g/mol. The van der Waals surface area contributed by atoms with Crippen molar-refractivity contribution in [2.75, 3.05) is 0 Å². The molecule has 2 rings (SSSR count). The Bertz CT molecular complexity index is 661. The third-order valence-electron chi connectivity index (χ3n) is 2.70. The van der Waals surface area contributed by atoms with Crippen molar-refractivity contribution in [3.8, 4) is 11.5 Å². The molecule has 6 heteroatoms. The molecule has 0 heterocycles. The lowest BCUT2D eigenvalue weighted by atomic mass is 10.2. The molecule has 0 amide bonds. The number of ether oxygens (including phenoxy) is 1. The fraction of sp³-hybridized carbons (Fsp3) is 0.143. The molecule has 0 bridgehead atoms. The van der Waals surface area contributed by atoms with Gasteiger partial charge in [-0.3, -0.25) is 10.1 Å². The molecule has 0 spiro atoms. The molecule has 0 aliphatic heterocycles. The summed E-state index contributed by atoms with van der Waals surface area (Å²) in [6.45, 7) is 1.76. The van der Waals surface area contributed by atoms with Crippen molar-refractivity contribution in [1.29, 1.82) is 0 Å². The minimum absolute atomic E-state index is 0.116. The van der Waals surface area contributed by atoms with Gasteiger partial charge in [0.25, 0.3) is 0 Å². The predicted molar refractivity (Wildman–Crippen MR) is 76.9 cm³/mol. The average molecular weight is 340 g/mol. The lowest BCUT2D eigenvalue weighted by Crippen LogP contribution is -1.96. The standard InChI is InChI=1S/C14H11BrFNO3/c1-9-2-4-14(12(6-9)17(18)19)20-13-5-3-11(16)7-10(13)8-15/h2-7H,8H2,1H3. The Morgan fingerprint density at radius 3 is 2.60 bits per heavy atom. The Hall–Kier alpha value is -1.95. The fourth-order valence-electron chi connectivity index (χ4n) is 1.73. The molecule has 20 heavy (non-hydrogen) atoms. The molecule has 0 N–H and O–H groups in total. The van der Waals surface area contributed by atoms with Crippen LogP contribution < -0.4 is 4.74 Å². The average Bonchev–Trinajstić information content (AvgIpc) is 2.42. The number of benzene rings is 2. The Morgan fingerprint density at radius 1 is 1.25 bits per heavy atom. The molecule has 0 unspecified atom stereocenters. The number of halogens is 2. The number of hydrogen-bond acceptors (Lipinski definition) is 3.